The summed E-state index contributed by atoms with van der Waals surface area (Å²) in [4.78, 5) is 28.7. The van der Waals surface area contributed by atoms with Gasteiger partial charge in [-0.25, -0.2) is 12.8 Å². The van der Waals surface area contributed by atoms with Gasteiger partial charge in [-0.05, 0) is 36.6 Å². The highest BCUT2D eigenvalue weighted by Gasteiger charge is 2.33. The molecular formula is C29H34FN3O4S. The topological polar surface area (TPSA) is 86.8 Å². The minimum atomic E-state index is -4.02. The fraction of sp³-hybridized carbons (Fsp3) is 0.310. The first-order valence-electron chi connectivity index (χ1n) is 12.5. The molecule has 3 aromatic rings. The van der Waals surface area contributed by atoms with E-state index in [0.29, 0.717) is 13.0 Å². The molecule has 0 fully saturated rings. The van der Waals surface area contributed by atoms with E-state index in [1.165, 1.54) is 23.1 Å². The van der Waals surface area contributed by atoms with E-state index in [-0.39, 0.29) is 24.6 Å². The van der Waals surface area contributed by atoms with Crippen LogP contribution in [0.2, 0.25) is 0 Å². The summed E-state index contributed by atoms with van der Waals surface area (Å²) in [6.45, 7) is 3.71. The van der Waals surface area contributed by atoms with Gasteiger partial charge < -0.3 is 10.2 Å². The number of nitrogens with zero attached hydrogens (tertiary/aromatic N) is 2. The molecule has 2 amide bonds. The van der Waals surface area contributed by atoms with Crippen molar-refractivity contribution in [2.24, 2.45) is 0 Å². The van der Waals surface area contributed by atoms with Crippen LogP contribution in [0.1, 0.15) is 30.0 Å². The molecule has 3 aromatic carbocycles. The lowest BCUT2D eigenvalue weighted by Gasteiger charge is -2.33. The van der Waals surface area contributed by atoms with Crippen molar-refractivity contribution in [2.45, 2.75) is 39.3 Å². The van der Waals surface area contributed by atoms with E-state index >= 15 is 0 Å². The van der Waals surface area contributed by atoms with Crippen molar-refractivity contribution in [2.75, 3.05) is 23.7 Å². The van der Waals surface area contributed by atoms with Crippen molar-refractivity contribution in [1.29, 1.82) is 0 Å². The van der Waals surface area contributed by atoms with Crippen LogP contribution < -0.4 is 9.62 Å². The number of rotatable bonds is 12. The van der Waals surface area contributed by atoms with Gasteiger partial charge in [-0.15, -0.1) is 0 Å². The summed E-state index contributed by atoms with van der Waals surface area (Å²) in [7, 11) is -4.02. The lowest BCUT2D eigenvalue weighted by atomic mass is 10.0. The molecule has 0 saturated heterocycles. The van der Waals surface area contributed by atoms with Gasteiger partial charge in [-0.2, -0.15) is 0 Å². The number of hydrogen-bond donors (Lipinski definition) is 1. The van der Waals surface area contributed by atoms with E-state index in [1.807, 2.05) is 68.4 Å². The quantitative estimate of drug-likeness (QED) is 0.376. The van der Waals surface area contributed by atoms with Crippen LogP contribution in [0.25, 0.3) is 0 Å². The maximum atomic E-state index is 14.6. The molecule has 0 aromatic heterocycles. The maximum absolute atomic E-state index is 14.6. The highest BCUT2D eigenvalue weighted by Crippen LogP contribution is 2.23. The number of amides is 2. The van der Waals surface area contributed by atoms with Crippen molar-refractivity contribution in [1.82, 2.24) is 10.2 Å². The Labute approximate surface area is 224 Å². The molecular weight excluding hydrogens is 505 g/mol. The van der Waals surface area contributed by atoms with E-state index in [4.69, 9.17) is 0 Å². The summed E-state index contributed by atoms with van der Waals surface area (Å²) in [6.07, 6.45) is 1.87. The average molecular weight is 540 g/mol. The number of para-hydroxylation sites is 1. The second-order valence-corrected chi connectivity index (χ2v) is 11.1. The highest BCUT2D eigenvalue weighted by molar-refractivity contribution is 7.92. The van der Waals surface area contributed by atoms with Gasteiger partial charge >= 0.3 is 0 Å². The number of anilines is 1. The second-order valence-electron chi connectivity index (χ2n) is 9.23. The fourth-order valence-electron chi connectivity index (χ4n) is 4.18. The first-order valence-corrected chi connectivity index (χ1v) is 14.3. The highest BCUT2D eigenvalue weighted by atomic mass is 32.2. The Kier molecular flexibility index (Phi) is 10.0. The van der Waals surface area contributed by atoms with E-state index in [1.54, 1.807) is 0 Å². The third-order valence-corrected chi connectivity index (χ3v) is 7.18. The van der Waals surface area contributed by atoms with Crippen LogP contribution in [0.15, 0.2) is 78.9 Å². The molecule has 38 heavy (non-hydrogen) atoms. The van der Waals surface area contributed by atoms with Crippen LogP contribution in [0.4, 0.5) is 10.1 Å². The summed E-state index contributed by atoms with van der Waals surface area (Å²) >= 11 is 0. The van der Waals surface area contributed by atoms with Gasteiger partial charge in [0.2, 0.25) is 21.8 Å². The Balaban J connectivity index is 2.05. The molecule has 0 radical (unpaired) electrons. The predicted molar refractivity (Wildman–Crippen MR) is 148 cm³/mol. The largest absolute Gasteiger partial charge is 0.354 e. The SMILES string of the molecule is CCCNC(=O)C(Cc1ccccc1)N(Cc1cccc(C)c1)C(=O)CN(c1ccccc1F)S(C)(=O)=O. The van der Waals surface area contributed by atoms with Gasteiger partial charge in [0, 0.05) is 19.5 Å². The Morgan fingerprint density at radius 3 is 2.24 bits per heavy atom. The zero-order valence-corrected chi connectivity index (χ0v) is 22.7. The number of benzene rings is 3. The molecule has 1 unspecified atom stereocenters. The summed E-state index contributed by atoms with van der Waals surface area (Å²) in [5.41, 5.74) is 2.39. The van der Waals surface area contributed by atoms with E-state index in [2.05, 4.69) is 5.32 Å². The standard InChI is InChI=1S/C29H34FN3O4S/c1-4-17-31-29(35)27(19-23-12-6-5-7-13-23)32(20-24-14-10-11-22(2)18-24)28(34)21-33(38(3,36)37)26-16-9-8-15-25(26)30/h5-16,18,27H,4,17,19-21H2,1-3H3,(H,31,35). The summed E-state index contributed by atoms with van der Waals surface area (Å²) in [6, 6.07) is 21.3. The third-order valence-electron chi connectivity index (χ3n) is 6.06. The maximum Gasteiger partial charge on any atom is 0.244 e. The predicted octanol–water partition coefficient (Wildman–Crippen LogP) is 4.07. The Morgan fingerprint density at radius 1 is 0.947 bits per heavy atom. The first-order chi connectivity index (χ1) is 18.1. The number of hydrogen-bond acceptors (Lipinski definition) is 4. The number of carbonyl (C=O) groups is 2. The van der Waals surface area contributed by atoms with Crippen molar-refractivity contribution in [3.63, 3.8) is 0 Å². The zero-order chi connectivity index (χ0) is 27.7. The van der Waals surface area contributed by atoms with Gasteiger partial charge in [0.25, 0.3) is 0 Å². The van der Waals surface area contributed by atoms with Crippen LogP contribution in [0, 0.1) is 12.7 Å². The minimum Gasteiger partial charge on any atom is -0.354 e. The van der Waals surface area contributed by atoms with Crippen LogP contribution in [-0.4, -0.2) is 50.5 Å². The van der Waals surface area contributed by atoms with Crippen LogP contribution in [0.3, 0.4) is 0 Å². The number of aryl methyl sites for hydroxylation is 1. The smallest absolute Gasteiger partial charge is 0.244 e. The average Bonchev–Trinajstić information content (AvgIpc) is 2.88. The summed E-state index contributed by atoms with van der Waals surface area (Å²) in [5.74, 6) is -1.72. The van der Waals surface area contributed by atoms with Crippen LogP contribution in [0.5, 0.6) is 0 Å². The molecule has 0 saturated carbocycles. The van der Waals surface area contributed by atoms with Crippen molar-refractivity contribution in [3.8, 4) is 0 Å². The van der Waals surface area contributed by atoms with Crippen molar-refractivity contribution in [3.05, 3.63) is 101 Å². The van der Waals surface area contributed by atoms with Gasteiger partial charge in [0.15, 0.2) is 0 Å². The summed E-state index contributed by atoms with van der Waals surface area (Å²) < 4.78 is 40.8. The molecule has 202 valence electrons. The monoisotopic (exact) mass is 539 g/mol. The molecule has 0 aliphatic rings. The zero-order valence-electron chi connectivity index (χ0n) is 21.9. The molecule has 3 rings (SSSR count). The van der Waals surface area contributed by atoms with Crippen LogP contribution >= 0.6 is 0 Å². The van der Waals surface area contributed by atoms with E-state index in [0.717, 1.165) is 33.3 Å². The minimum absolute atomic E-state index is 0.0758. The Bertz CT molecular complexity index is 1350. The molecule has 1 atom stereocenters. The number of nitrogens with one attached hydrogen (secondary N) is 1. The molecule has 1 N–H and O–H groups in total. The van der Waals surface area contributed by atoms with Gasteiger partial charge in [0.1, 0.15) is 18.4 Å². The van der Waals surface area contributed by atoms with Gasteiger partial charge in [0.05, 0.1) is 11.9 Å². The third kappa shape index (κ3) is 7.89. The normalized spacial score (nSPS) is 12.0. The molecule has 0 spiro atoms. The molecule has 0 heterocycles. The van der Waals surface area contributed by atoms with E-state index < -0.39 is 34.3 Å². The number of carbonyl (C=O) groups excluding carboxylic acids is 2. The Hall–Kier alpha value is -3.72. The molecule has 7 nitrogen and oxygen atoms in total. The molecule has 0 aliphatic carbocycles. The molecule has 9 heteroatoms. The van der Waals surface area contributed by atoms with Gasteiger partial charge in [-0.1, -0.05) is 79.2 Å². The summed E-state index contributed by atoms with van der Waals surface area (Å²) in [5, 5.41) is 2.88. The van der Waals surface area contributed by atoms with E-state index in [9.17, 15) is 22.4 Å². The fourth-order valence-corrected chi connectivity index (χ4v) is 5.03. The van der Waals surface area contributed by atoms with Gasteiger partial charge in [-0.3, -0.25) is 13.9 Å². The second kappa shape index (κ2) is 13.2. The first kappa shape index (κ1) is 28.8. The van der Waals surface area contributed by atoms with Crippen LogP contribution in [-0.2, 0) is 32.6 Å². The molecule has 0 bridgehead atoms. The Morgan fingerprint density at radius 2 is 1.61 bits per heavy atom. The van der Waals surface area contributed by atoms with Crippen molar-refractivity contribution < 1.29 is 22.4 Å². The lowest BCUT2D eigenvalue weighted by Crippen LogP contribution is -2.53. The number of sulfonamides is 1. The molecule has 0 aliphatic heterocycles. The lowest BCUT2D eigenvalue weighted by molar-refractivity contribution is -0.140. The number of halogens is 1. The van der Waals surface area contributed by atoms with Crippen molar-refractivity contribution >= 4 is 27.5 Å².